The molecule has 0 aromatic heterocycles. The van der Waals surface area contributed by atoms with Crippen LogP contribution in [0.15, 0.2) is 12.2 Å². The molecule has 0 aliphatic rings. The maximum absolute atomic E-state index is 13.5. The zero-order valence-electron chi connectivity index (χ0n) is 16.1. The standard InChI is InChI=1S/C16H15F17/c1-2-3-4-5-6-7-8-9(17,18)10(19,20)11(21,22)12(23,24)13(25,26)14(27,28)15(29,30)16(31,32)33/h7-8H,2-6H2,1H3/b8-7+. The minimum Gasteiger partial charge on any atom is -0.195 e. The molecule has 33 heavy (non-hydrogen) atoms. The van der Waals surface area contributed by atoms with Crippen molar-refractivity contribution >= 4 is 0 Å². The fourth-order valence-electron chi connectivity index (χ4n) is 2.20. The zero-order valence-corrected chi connectivity index (χ0v) is 16.1. The second-order valence-electron chi connectivity index (χ2n) is 6.82. The van der Waals surface area contributed by atoms with Crippen LogP contribution in [-0.2, 0) is 0 Å². The molecule has 0 amide bonds. The van der Waals surface area contributed by atoms with E-state index in [1.807, 2.05) is 0 Å². The van der Waals surface area contributed by atoms with Gasteiger partial charge in [0.15, 0.2) is 0 Å². The summed E-state index contributed by atoms with van der Waals surface area (Å²) in [4.78, 5) is 0. The van der Waals surface area contributed by atoms with Gasteiger partial charge in [0.1, 0.15) is 0 Å². The number of hydrogen-bond donors (Lipinski definition) is 0. The van der Waals surface area contributed by atoms with Crippen molar-refractivity contribution in [2.24, 2.45) is 0 Å². The highest BCUT2D eigenvalue weighted by molar-refractivity contribution is 5.17. The minimum absolute atomic E-state index is 0.00460. The van der Waals surface area contributed by atoms with E-state index in [9.17, 15) is 74.6 Å². The second kappa shape index (κ2) is 9.30. The van der Waals surface area contributed by atoms with E-state index in [1.54, 1.807) is 6.92 Å². The zero-order chi connectivity index (χ0) is 26.9. The molecule has 0 fully saturated rings. The molecule has 0 saturated heterocycles. The van der Waals surface area contributed by atoms with Gasteiger partial charge in [-0.3, -0.25) is 0 Å². The number of rotatable bonds is 12. The topological polar surface area (TPSA) is 0 Å². The lowest BCUT2D eigenvalue weighted by Gasteiger charge is -2.42. The molecule has 0 N–H and O–H groups in total. The molecular formula is C16H15F17. The van der Waals surface area contributed by atoms with Gasteiger partial charge in [-0.2, -0.15) is 74.6 Å². The molecule has 0 heterocycles. The highest BCUT2D eigenvalue weighted by Gasteiger charge is 2.95. The third kappa shape index (κ3) is 5.00. The van der Waals surface area contributed by atoms with Gasteiger partial charge in [-0.25, -0.2) is 0 Å². The first kappa shape index (κ1) is 31.6. The highest BCUT2D eigenvalue weighted by atomic mass is 19.4. The summed E-state index contributed by atoms with van der Waals surface area (Å²) in [5.74, 6) is -56.1. The van der Waals surface area contributed by atoms with E-state index in [2.05, 4.69) is 0 Å². The number of unbranched alkanes of at least 4 members (excludes halogenated alkanes) is 4. The van der Waals surface area contributed by atoms with Crippen LogP contribution in [-0.4, -0.2) is 47.6 Å². The molecule has 0 aliphatic carbocycles. The van der Waals surface area contributed by atoms with Crippen molar-refractivity contribution in [2.75, 3.05) is 0 Å². The van der Waals surface area contributed by atoms with Crippen LogP contribution in [0.4, 0.5) is 74.6 Å². The van der Waals surface area contributed by atoms with E-state index >= 15 is 0 Å². The van der Waals surface area contributed by atoms with Crippen LogP contribution in [0.25, 0.3) is 0 Å². The summed E-state index contributed by atoms with van der Waals surface area (Å²) in [5, 5.41) is 0. The molecule has 198 valence electrons. The average molecular weight is 530 g/mol. The predicted molar refractivity (Wildman–Crippen MR) is 78.6 cm³/mol. The van der Waals surface area contributed by atoms with Gasteiger partial charge in [0.25, 0.3) is 0 Å². The molecule has 0 bridgehead atoms. The van der Waals surface area contributed by atoms with E-state index < -0.39 is 60.1 Å². The molecule has 0 aromatic carbocycles. The van der Waals surface area contributed by atoms with Crippen molar-refractivity contribution in [1.82, 2.24) is 0 Å². The van der Waals surface area contributed by atoms with Crippen LogP contribution < -0.4 is 0 Å². The van der Waals surface area contributed by atoms with Crippen LogP contribution >= 0.6 is 0 Å². The van der Waals surface area contributed by atoms with Gasteiger partial charge in [0.2, 0.25) is 0 Å². The second-order valence-corrected chi connectivity index (χ2v) is 6.82. The lowest BCUT2D eigenvalue weighted by atomic mass is 9.89. The summed E-state index contributed by atoms with van der Waals surface area (Å²) in [7, 11) is 0. The Balaban J connectivity index is 6.29. The van der Waals surface area contributed by atoms with Gasteiger partial charge in [-0.15, -0.1) is 0 Å². The minimum atomic E-state index is -8.59. The number of allylic oxidation sites excluding steroid dienone is 2. The number of alkyl halides is 17. The van der Waals surface area contributed by atoms with Crippen LogP contribution in [0, 0.1) is 0 Å². The third-order valence-electron chi connectivity index (χ3n) is 4.30. The van der Waals surface area contributed by atoms with Crippen LogP contribution in [0.5, 0.6) is 0 Å². The van der Waals surface area contributed by atoms with Crippen molar-refractivity contribution in [3.63, 3.8) is 0 Å². The fourth-order valence-corrected chi connectivity index (χ4v) is 2.20. The SMILES string of the molecule is CCCCCC/C=C/C(F)(F)C(F)(F)C(F)(F)C(F)(F)C(F)(F)C(F)(F)C(F)(F)C(F)(F)F. The van der Waals surface area contributed by atoms with Gasteiger partial charge >= 0.3 is 47.6 Å². The fraction of sp³-hybridized carbons (Fsp3) is 0.875. The largest absolute Gasteiger partial charge is 0.460 e. The molecule has 0 saturated carbocycles. The number of hydrogen-bond acceptors (Lipinski definition) is 0. The Hall–Kier alpha value is -1.45. The van der Waals surface area contributed by atoms with Crippen LogP contribution in [0.3, 0.4) is 0 Å². The van der Waals surface area contributed by atoms with Crippen LogP contribution in [0.2, 0.25) is 0 Å². The monoisotopic (exact) mass is 530 g/mol. The van der Waals surface area contributed by atoms with Gasteiger partial charge in [0.05, 0.1) is 0 Å². The van der Waals surface area contributed by atoms with Gasteiger partial charge in [-0.1, -0.05) is 32.3 Å². The maximum Gasteiger partial charge on any atom is 0.460 e. The molecule has 17 heteroatoms. The molecule has 0 aliphatic heterocycles. The van der Waals surface area contributed by atoms with E-state index in [4.69, 9.17) is 0 Å². The van der Waals surface area contributed by atoms with E-state index in [0.29, 0.717) is 19.3 Å². The Morgan fingerprint density at radius 3 is 1.18 bits per heavy atom. The van der Waals surface area contributed by atoms with E-state index in [0.717, 1.165) is 0 Å². The quantitative estimate of drug-likeness (QED) is 0.135. The summed E-state index contributed by atoms with van der Waals surface area (Å²) in [6, 6.07) is 0. The van der Waals surface area contributed by atoms with E-state index in [1.165, 1.54) is 0 Å². The lowest BCUT2D eigenvalue weighted by molar-refractivity contribution is -0.459. The van der Waals surface area contributed by atoms with Crippen molar-refractivity contribution < 1.29 is 74.6 Å². The Bertz CT molecular complexity index is 671. The number of halogens is 17. The van der Waals surface area contributed by atoms with E-state index in [-0.39, 0.29) is 12.5 Å². The lowest BCUT2D eigenvalue weighted by Crippen LogP contribution is -2.74. The van der Waals surface area contributed by atoms with Crippen LogP contribution in [0.1, 0.15) is 39.0 Å². The smallest absolute Gasteiger partial charge is 0.195 e. The molecule has 0 aromatic rings. The summed E-state index contributed by atoms with van der Waals surface area (Å²) in [6.45, 7) is 1.69. The molecule has 0 radical (unpaired) electrons. The molecule has 0 rings (SSSR count). The Morgan fingerprint density at radius 2 is 0.818 bits per heavy atom. The molecule has 0 unspecified atom stereocenters. The Labute approximate surface area is 174 Å². The van der Waals surface area contributed by atoms with Crippen molar-refractivity contribution in [2.45, 2.75) is 86.7 Å². The highest BCUT2D eigenvalue weighted by Crippen LogP contribution is 2.64. The van der Waals surface area contributed by atoms with Crippen molar-refractivity contribution in [1.29, 1.82) is 0 Å². The average Bonchev–Trinajstić information content (AvgIpc) is 2.62. The predicted octanol–water partition coefficient (Wildman–Crippen LogP) is 8.52. The van der Waals surface area contributed by atoms with Crippen molar-refractivity contribution in [3.8, 4) is 0 Å². The summed E-state index contributed by atoms with van der Waals surface area (Å²) in [5.41, 5.74) is 0. The molecule has 0 atom stereocenters. The Morgan fingerprint density at radius 1 is 0.455 bits per heavy atom. The first-order chi connectivity index (χ1) is 14.3. The third-order valence-corrected chi connectivity index (χ3v) is 4.30. The van der Waals surface area contributed by atoms with Gasteiger partial charge < -0.3 is 0 Å². The maximum atomic E-state index is 13.5. The first-order valence-corrected chi connectivity index (χ1v) is 8.70. The molecule has 0 nitrogen and oxygen atoms in total. The summed E-state index contributed by atoms with van der Waals surface area (Å²) >= 11 is 0. The first-order valence-electron chi connectivity index (χ1n) is 8.70. The summed E-state index contributed by atoms with van der Waals surface area (Å²) in [6.07, 6.45) is -7.92. The summed E-state index contributed by atoms with van der Waals surface area (Å²) < 4.78 is 222. The normalized spacial score (nSPS) is 16.1. The molecule has 0 spiro atoms. The van der Waals surface area contributed by atoms with Gasteiger partial charge in [-0.05, 0) is 18.9 Å². The Kier molecular flexibility index (Phi) is 8.89. The van der Waals surface area contributed by atoms with Crippen molar-refractivity contribution in [3.05, 3.63) is 12.2 Å². The molecular weight excluding hydrogens is 515 g/mol. The van der Waals surface area contributed by atoms with Gasteiger partial charge in [0, 0.05) is 0 Å².